The lowest BCUT2D eigenvalue weighted by atomic mass is 10.1. The van der Waals surface area contributed by atoms with Crippen LogP contribution in [0.1, 0.15) is 42.3 Å². The van der Waals surface area contributed by atoms with Crippen molar-refractivity contribution in [2.45, 2.75) is 51.7 Å². The smallest absolute Gasteiger partial charge is 0.407 e. The fourth-order valence-corrected chi connectivity index (χ4v) is 4.64. The van der Waals surface area contributed by atoms with Gasteiger partial charge in [0.25, 0.3) is 0 Å². The van der Waals surface area contributed by atoms with Crippen LogP contribution in [-0.2, 0) is 11.2 Å². The lowest BCUT2D eigenvalue weighted by Crippen LogP contribution is -2.38. The van der Waals surface area contributed by atoms with E-state index in [2.05, 4.69) is 44.0 Å². The van der Waals surface area contributed by atoms with Crippen molar-refractivity contribution in [2.24, 2.45) is 0 Å². The highest BCUT2D eigenvalue weighted by Gasteiger charge is 2.33. The van der Waals surface area contributed by atoms with Gasteiger partial charge in [-0.1, -0.05) is 81.2 Å². The van der Waals surface area contributed by atoms with Crippen molar-refractivity contribution >= 4 is 14.2 Å². The standard InChI is InChI=1S/C21H29NO2Si/c1-6-17-12-10-11-15-19(17)20(25(3,4)5)24-21(23)22-16(2)18-13-8-7-9-14-18/h7-16,20H,6H2,1-5H3,(H,22,23)/t16-,20-/m0/s1. The fraction of sp³-hybridized carbons (Fsp3) is 0.381. The highest BCUT2D eigenvalue weighted by Crippen LogP contribution is 2.31. The second-order valence-electron chi connectivity index (χ2n) is 7.48. The molecule has 0 saturated heterocycles. The predicted molar refractivity (Wildman–Crippen MR) is 106 cm³/mol. The van der Waals surface area contributed by atoms with Crippen molar-refractivity contribution in [3.05, 3.63) is 71.3 Å². The Kier molecular flexibility index (Phi) is 6.43. The van der Waals surface area contributed by atoms with E-state index in [0.717, 1.165) is 17.5 Å². The van der Waals surface area contributed by atoms with Crippen molar-refractivity contribution in [1.29, 1.82) is 0 Å². The van der Waals surface area contributed by atoms with Gasteiger partial charge >= 0.3 is 6.09 Å². The summed E-state index contributed by atoms with van der Waals surface area (Å²) in [5, 5.41) is 2.97. The largest absolute Gasteiger partial charge is 0.445 e. The van der Waals surface area contributed by atoms with Crippen molar-refractivity contribution in [3.63, 3.8) is 0 Å². The van der Waals surface area contributed by atoms with Crippen LogP contribution in [0.3, 0.4) is 0 Å². The molecular formula is C21H29NO2Si. The summed E-state index contributed by atoms with van der Waals surface area (Å²) in [5.41, 5.74) is 3.30. The number of ether oxygens (including phenoxy) is 1. The molecule has 0 aliphatic rings. The number of carbonyl (C=O) groups is 1. The molecule has 2 aromatic carbocycles. The van der Waals surface area contributed by atoms with Crippen LogP contribution in [0, 0.1) is 0 Å². The molecular weight excluding hydrogens is 326 g/mol. The van der Waals surface area contributed by atoms with Crippen molar-refractivity contribution in [2.75, 3.05) is 0 Å². The van der Waals surface area contributed by atoms with Gasteiger partial charge in [-0.3, -0.25) is 0 Å². The summed E-state index contributed by atoms with van der Waals surface area (Å²) in [7, 11) is -1.75. The van der Waals surface area contributed by atoms with Gasteiger partial charge < -0.3 is 10.1 Å². The number of aryl methyl sites for hydroxylation is 1. The average molecular weight is 356 g/mol. The number of carbonyl (C=O) groups excluding carboxylic acids is 1. The minimum Gasteiger partial charge on any atom is -0.445 e. The molecule has 2 aromatic rings. The number of amides is 1. The normalized spacial score (nSPS) is 13.8. The molecule has 0 heterocycles. The Morgan fingerprint density at radius 2 is 1.64 bits per heavy atom. The van der Waals surface area contributed by atoms with Crippen molar-refractivity contribution in [3.8, 4) is 0 Å². The third-order valence-electron chi connectivity index (χ3n) is 4.36. The first kappa shape index (κ1) is 19.3. The lowest BCUT2D eigenvalue weighted by molar-refractivity contribution is 0.125. The van der Waals surface area contributed by atoms with Crippen LogP contribution in [0.15, 0.2) is 54.6 Å². The van der Waals surface area contributed by atoms with Gasteiger partial charge in [-0.15, -0.1) is 0 Å². The zero-order valence-electron chi connectivity index (χ0n) is 15.9. The van der Waals surface area contributed by atoms with Gasteiger partial charge in [-0.25, -0.2) is 4.79 Å². The van der Waals surface area contributed by atoms with Gasteiger partial charge in [-0.2, -0.15) is 0 Å². The van der Waals surface area contributed by atoms with E-state index in [4.69, 9.17) is 4.74 Å². The Balaban J connectivity index is 2.16. The highest BCUT2D eigenvalue weighted by molar-refractivity contribution is 6.77. The molecule has 1 N–H and O–H groups in total. The summed E-state index contributed by atoms with van der Waals surface area (Å²) < 4.78 is 5.95. The lowest BCUT2D eigenvalue weighted by Gasteiger charge is -2.31. The number of nitrogens with one attached hydrogen (secondary N) is 1. The van der Waals surface area contributed by atoms with Gasteiger partial charge in [0.2, 0.25) is 0 Å². The maximum absolute atomic E-state index is 12.5. The number of hydrogen-bond donors (Lipinski definition) is 1. The topological polar surface area (TPSA) is 38.3 Å². The van der Waals surface area contributed by atoms with E-state index in [9.17, 15) is 4.79 Å². The van der Waals surface area contributed by atoms with Crippen molar-refractivity contribution < 1.29 is 9.53 Å². The number of rotatable bonds is 6. The molecule has 0 bridgehead atoms. The summed E-state index contributed by atoms with van der Waals surface area (Å²) in [6, 6.07) is 18.1. The van der Waals surface area contributed by atoms with E-state index in [1.54, 1.807) is 0 Å². The molecule has 4 heteroatoms. The number of benzene rings is 2. The Labute approximate surface area is 152 Å². The van der Waals surface area contributed by atoms with Crippen LogP contribution in [0.25, 0.3) is 0 Å². The molecule has 0 aliphatic heterocycles. The molecule has 0 saturated carbocycles. The number of hydrogen-bond acceptors (Lipinski definition) is 2. The molecule has 0 radical (unpaired) electrons. The molecule has 2 rings (SSSR count). The summed E-state index contributed by atoms with van der Waals surface area (Å²) in [4.78, 5) is 12.5. The third-order valence-corrected chi connectivity index (χ3v) is 6.37. The SMILES string of the molecule is CCc1ccccc1[C@@H](OC(=O)N[C@@H](C)c1ccccc1)[Si](C)(C)C. The second kappa shape index (κ2) is 8.34. The Morgan fingerprint density at radius 3 is 2.24 bits per heavy atom. The molecule has 0 unspecified atom stereocenters. The third kappa shape index (κ3) is 5.20. The molecule has 0 aromatic heterocycles. The van der Waals surface area contributed by atoms with Crippen LogP contribution < -0.4 is 5.32 Å². The predicted octanol–water partition coefficient (Wildman–Crippen LogP) is 5.65. The van der Waals surface area contributed by atoms with Gasteiger partial charge in [0.05, 0.1) is 14.1 Å². The maximum Gasteiger partial charge on any atom is 0.407 e. The van der Waals surface area contributed by atoms with Gasteiger partial charge in [0, 0.05) is 0 Å². The van der Waals surface area contributed by atoms with E-state index >= 15 is 0 Å². The monoisotopic (exact) mass is 355 g/mol. The molecule has 3 nitrogen and oxygen atoms in total. The zero-order chi connectivity index (χ0) is 18.4. The molecule has 0 spiro atoms. The van der Waals surface area contributed by atoms with E-state index in [-0.39, 0.29) is 17.9 Å². The fourth-order valence-electron chi connectivity index (χ4n) is 2.96. The second-order valence-corrected chi connectivity index (χ2v) is 12.7. The maximum atomic E-state index is 12.5. The van der Waals surface area contributed by atoms with Crippen LogP contribution >= 0.6 is 0 Å². The van der Waals surface area contributed by atoms with Gasteiger partial charge in [0.1, 0.15) is 5.73 Å². The van der Waals surface area contributed by atoms with Crippen LogP contribution in [0.4, 0.5) is 4.79 Å². The van der Waals surface area contributed by atoms with E-state index in [1.807, 2.05) is 49.4 Å². The molecule has 25 heavy (non-hydrogen) atoms. The Bertz CT molecular complexity index is 695. The van der Waals surface area contributed by atoms with Crippen LogP contribution in [0.2, 0.25) is 19.6 Å². The molecule has 0 aliphatic carbocycles. The van der Waals surface area contributed by atoms with Gasteiger partial charge in [-0.05, 0) is 30.0 Å². The summed E-state index contributed by atoms with van der Waals surface area (Å²) >= 11 is 0. The summed E-state index contributed by atoms with van der Waals surface area (Å²) in [5.74, 6) is 0. The van der Waals surface area contributed by atoms with Crippen LogP contribution in [0.5, 0.6) is 0 Å². The van der Waals surface area contributed by atoms with E-state index < -0.39 is 8.07 Å². The first-order chi connectivity index (χ1) is 11.8. The minimum absolute atomic E-state index is 0.0857. The first-order valence-corrected chi connectivity index (χ1v) is 12.5. The molecule has 1 amide bonds. The molecule has 2 atom stereocenters. The molecule has 134 valence electrons. The van der Waals surface area contributed by atoms with Gasteiger partial charge in [0.15, 0.2) is 0 Å². The van der Waals surface area contributed by atoms with Crippen molar-refractivity contribution in [1.82, 2.24) is 5.32 Å². The first-order valence-electron chi connectivity index (χ1n) is 8.92. The van der Waals surface area contributed by atoms with Crippen LogP contribution in [-0.4, -0.2) is 14.2 Å². The minimum atomic E-state index is -1.75. The van der Waals surface area contributed by atoms with E-state index in [1.165, 1.54) is 5.56 Å². The molecule has 0 fully saturated rings. The van der Waals surface area contributed by atoms with E-state index in [0.29, 0.717) is 0 Å². The highest BCUT2D eigenvalue weighted by atomic mass is 28.3. The average Bonchev–Trinajstić information content (AvgIpc) is 2.59. The summed E-state index contributed by atoms with van der Waals surface area (Å²) in [6.45, 7) is 10.8. The summed E-state index contributed by atoms with van der Waals surface area (Å²) in [6.07, 6.45) is 0.581. The Hall–Kier alpha value is -2.07. The number of alkyl carbamates (subject to hydrolysis) is 1. The zero-order valence-corrected chi connectivity index (χ0v) is 16.9. The quantitative estimate of drug-likeness (QED) is 0.679. The Morgan fingerprint density at radius 1 is 1.04 bits per heavy atom.